The van der Waals surface area contributed by atoms with Crippen LogP contribution in [0.3, 0.4) is 0 Å². The zero-order valence-electron chi connectivity index (χ0n) is 15.7. The van der Waals surface area contributed by atoms with Gasteiger partial charge in [-0.15, -0.1) is 0 Å². The van der Waals surface area contributed by atoms with E-state index in [0.717, 1.165) is 25.9 Å². The Kier molecular flexibility index (Phi) is 12.0. The monoisotopic (exact) mass is 448 g/mol. The van der Waals surface area contributed by atoms with Crippen molar-refractivity contribution in [3.63, 3.8) is 0 Å². The summed E-state index contributed by atoms with van der Waals surface area (Å²) in [4.78, 5) is 24.2. The molecule has 0 radical (unpaired) electrons. The normalized spacial score (nSPS) is 16.7. The number of aliphatic carboxylic acids is 2. The smallest absolute Gasteiger partial charge is 0.475 e. The molecule has 30 heavy (non-hydrogen) atoms. The number of hydrogen-bond acceptors (Lipinski definition) is 5. The summed E-state index contributed by atoms with van der Waals surface area (Å²) in [6, 6.07) is 4.57. The van der Waals surface area contributed by atoms with Gasteiger partial charge in [0, 0.05) is 18.4 Å². The van der Waals surface area contributed by atoms with Crippen molar-refractivity contribution in [1.29, 1.82) is 0 Å². The average molecular weight is 448 g/mol. The van der Waals surface area contributed by atoms with E-state index < -0.39 is 24.3 Å². The van der Waals surface area contributed by atoms with Gasteiger partial charge in [-0.2, -0.15) is 26.3 Å². The SMILES string of the molecule is O=C(O)C(F)(F)F.O=C(O)C(F)(F)F.OC[C@@H]1CCCN1CCCc1ccncc1. The van der Waals surface area contributed by atoms with Gasteiger partial charge in [0.05, 0.1) is 6.61 Å². The summed E-state index contributed by atoms with van der Waals surface area (Å²) in [5.74, 6) is -5.51. The molecular weight excluding hydrogens is 426 g/mol. The van der Waals surface area contributed by atoms with Gasteiger partial charge in [-0.25, -0.2) is 9.59 Å². The van der Waals surface area contributed by atoms with Crippen LogP contribution in [0.5, 0.6) is 0 Å². The van der Waals surface area contributed by atoms with Crippen LogP contribution < -0.4 is 0 Å². The van der Waals surface area contributed by atoms with Crippen LogP contribution in [0.15, 0.2) is 24.5 Å². The molecule has 0 bridgehead atoms. The lowest BCUT2D eigenvalue weighted by Crippen LogP contribution is -2.33. The zero-order chi connectivity index (χ0) is 23.4. The van der Waals surface area contributed by atoms with Gasteiger partial charge in [-0.3, -0.25) is 9.88 Å². The van der Waals surface area contributed by atoms with E-state index in [1.54, 1.807) is 0 Å². The van der Waals surface area contributed by atoms with Gasteiger partial charge in [0.1, 0.15) is 0 Å². The lowest BCUT2D eigenvalue weighted by atomic mass is 10.1. The fourth-order valence-corrected chi connectivity index (χ4v) is 2.43. The third-order valence-electron chi connectivity index (χ3n) is 3.85. The van der Waals surface area contributed by atoms with Crippen LogP contribution >= 0.6 is 0 Å². The minimum Gasteiger partial charge on any atom is -0.475 e. The summed E-state index contributed by atoms with van der Waals surface area (Å²) in [5, 5.41) is 23.5. The topological polar surface area (TPSA) is 111 Å². The number of aliphatic hydroxyl groups is 1. The molecule has 1 aromatic rings. The number of alkyl halides is 6. The minimum atomic E-state index is -5.08. The Bertz CT molecular complexity index is 616. The third-order valence-corrected chi connectivity index (χ3v) is 3.85. The molecule has 7 nitrogen and oxygen atoms in total. The van der Waals surface area contributed by atoms with Gasteiger partial charge in [0.25, 0.3) is 0 Å². The van der Waals surface area contributed by atoms with E-state index in [2.05, 4.69) is 22.0 Å². The molecule has 1 aromatic heterocycles. The van der Waals surface area contributed by atoms with Gasteiger partial charge in [0.15, 0.2) is 0 Å². The molecule has 13 heteroatoms. The van der Waals surface area contributed by atoms with Crippen molar-refractivity contribution in [2.45, 2.75) is 44.1 Å². The summed E-state index contributed by atoms with van der Waals surface area (Å²) in [6.45, 7) is 2.57. The molecule has 2 rings (SSSR count). The number of halogens is 6. The second kappa shape index (κ2) is 13.0. The van der Waals surface area contributed by atoms with Crippen LogP contribution in [0, 0.1) is 0 Å². The third kappa shape index (κ3) is 12.2. The lowest BCUT2D eigenvalue weighted by Gasteiger charge is -2.22. The average Bonchev–Trinajstić information content (AvgIpc) is 3.09. The lowest BCUT2D eigenvalue weighted by molar-refractivity contribution is -0.193. The summed E-state index contributed by atoms with van der Waals surface area (Å²) < 4.78 is 63.5. The fourth-order valence-electron chi connectivity index (χ4n) is 2.43. The maximum absolute atomic E-state index is 10.6. The predicted molar refractivity (Wildman–Crippen MR) is 91.6 cm³/mol. The number of carboxylic acids is 2. The zero-order valence-corrected chi connectivity index (χ0v) is 15.7. The van der Waals surface area contributed by atoms with E-state index in [1.165, 1.54) is 18.4 Å². The molecule has 0 aliphatic carbocycles. The van der Waals surface area contributed by atoms with Gasteiger partial charge in [-0.1, -0.05) is 0 Å². The van der Waals surface area contributed by atoms with Crippen molar-refractivity contribution in [2.75, 3.05) is 19.7 Å². The van der Waals surface area contributed by atoms with Crippen molar-refractivity contribution >= 4 is 11.9 Å². The Hall–Kier alpha value is -2.41. The molecule has 0 amide bonds. The van der Waals surface area contributed by atoms with Crippen LogP contribution in [0.25, 0.3) is 0 Å². The number of aryl methyl sites for hydroxylation is 1. The van der Waals surface area contributed by atoms with Gasteiger partial charge in [0.2, 0.25) is 0 Å². The van der Waals surface area contributed by atoms with E-state index >= 15 is 0 Å². The number of carboxylic acid groups (broad SMARTS) is 2. The van der Waals surface area contributed by atoms with Crippen molar-refractivity contribution in [1.82, 2.24) is 9.88 Å². The Balaban J connectivity index is 0.000000503. The number of hydrogen-bond donors (Lipinski definition) is 3. The van der Waals surface area contributed by atoms with Gasteiger partial charge < -0.3 is 15.3 Å². The van der Waals surface area contributed by atoms with Gasteiger partial charge in [-0.05, 0) is 56.5 Å². The molecule has 3 N–H and O–H groups in total. The highest BCUT2D eigenvalue weighted by Gasteiger charge is 2.38. The number of pyridine rings is 1. The van der Waals surface area contributed by atoms with Crippen molar-refractivity contribution in [3.8, 4) is 0 Å². The molecule has 2 heterocycles. The van der Waals surface area contributed by atoms with E-state index in [1.807, 2.05) is 12.4 Å². The standard InChI is InChI=1S/C13H20N2O.2C2HF3O2/c16-11-13-4-2-10-15(13)9-1-3-12-5-7-14-8-6-12;2*3-2(4,5)1(6)7/h5-8,13,16H,1-4,9-11H2;2*(H,6,7)/t13-;;/m0../s1. The molecule has 1 atom stereocenters. The highest BCUT2D eigenvalue weighted by Crippen LogP contribution is 2.17. The van der Waals surface area contributed by atoms with E-state index in [4.69, 9.17) is 19.8 Å². The van der Waals surface area contributed by atoms with E-state index in [0.29, 0.717) is 12.6 Å². The molecule has 1 aliphatic heterocycles. The van der Waals surface area contributed by atoms with Crippen LogP contribution in [0.4, 0.5) is 26.3 Å². The van der Waals surface area contributed by atoms with E-state index in [-0.39, 0.29) is 0 Å². The molecule has 0 saturated carbocycles. The largest absolute Gasteiger partial charge is 0.490 e. The van der Waals surface area contributed by atoms with Crippen LogP contribution in [0.2, 0.25) is 0 Å². The Morgan fingerprint density at radius 3 is 1.90 bits per heavy atom. The number of rotatable bonds is 5. The Morgan fingerprint density at radius 2 is 1.50 bits per heavy atom. The molecule has 0 unspecified atom stereocenters. The molecule has 1 fully saturated rings. The van der Waals surface area contributed by atoms with Crippen LogP contribution in [0.1, 0.15) is 24.8 Å². The van der Waals surface area contributed by atoms with Crippen LogP contribution in [-0.4, -0.2) is 75.2 Å². The fraction of sp³-hybridized carbons (Fsp3) is 0.588. The first-order chi connectivity index (χ1) is 13.8. The molecule has 1 aliphatic rings. The summed E-state index contributed by atoms with van der Waals surface area (Å²) in [6.07, 6.45) is -1.80. The number of nitrogens with zero attached hydrogens (tertiary/aromatic N) is 2. The van der Waals surface area contributed by atoms with Crippen LogP contribution in [-0.2, 0) is 16.0 Å². The maximum Gasteiger partial charge on any atom is 0.490 e. The molecule has 0 aromatic carbocycles. The first kappa shape index (κ1) is 27.6. The second-order valence-electron chi connectivity index (χ2n) is 6.08. The minimum absolute atomic E-state index is 0.315. The molecule has 0 spiro atoms. The number of aliphatic hydroxyl groups excluding tert-OH is 1. The van der Waals surface area contributed by atoms with Gasteiger partial charge >= 0.3 is 24.3 Å². The highest BCUT2D eigenvalue weighted by atomic mass is 19.4. The first-order valence-electron chi connectivity index (χ1n) is 8.63. The number of aromatic nitrogens is 1. The molecule has 172 valence electrons. The summed E-state index contributed by atoms with van der Waals surface area (Å²) in [5.41, 5.74) is 1.36. The molecular formula is C17H22F6N2O5. The maximum atomic E-state index is 10.6. The molecule has 1 saturated heterocycles. The Labute approximate surface area is 167 Å². The van der Waals surface area contributed by atoms with Crippen molar-refractivity contribution < 1.29 is 51.3 Å². The Morgan fingerprint density at radius 1 is 1.03 bits per heavy atom. The van der Waals surface area contributed by atoms with Crippen molar-refractivity contribution in [2.24, 2.45) is 0 Å². The van der Waals surface area contributed by atoms with E-state index in [9.17, 15) is 31.4 Å². The second-order valence-corrected chi connectivity index (χ2v) is 6.08. The number of carbonyl (C=O) groups is 2. The summed E-state index contributed by atoms with van der Waals surface area (Å²) in [7, 11) is 0. The summed E-state index contributed by atoms with van der Waals surface area (Å²) >= 11 is 0. The highest BCUT2D eigenvalue weighted by molar-refractivity contribution is 5.73. The number of likely N-dealkylation sites (tertiary alicyclic amines) is 1. The quantitative estimate of drug-likeness (QED) is 0.594. The van der Waals surface area contributed by atoms with Crippen molar-refractivity contribution in [3.05, 3.63) is 30.1 Å². The first-order valence-corrected chi connectivity index (χ1v) is 8.63. The predicted octanol–water partition coefficient (Wildman–Crippen LogP) is 2.74.